The first-order valence-corrected chi connectivity index (χ1v) is 8.68. The van der Waals surface area contributed by atoms with Crippen LogP contribution in [-0.2, 0) is 0 Å². The van der Waals surface area contributed by atoms with Crippen molar-refractivity contribution >= 4 is 27.9 Å². The van der Waals surface area contributed by atoms with Crippen LogP contribution in [0.3, 0.4) is 0 Å². The maximum absolute atomic E-state index is 14.1. The van der Waals surface area contributed by atoms with Crippen LogP contribution in [0.5, 0.6) is 0 Å². The van der Waals surface area contributed by atoms with Crippen molar-refractivity contribution in [2.45, 2.75) is 32.7 Å². The Morgan fingerprint density at radius 1 is 1.30 bits per heavy atom. The molecule has 0 aliphatic heterocycles. The SMILES string of the molecule is Cc1cc(NC(c2ncc(C)s2)C2CC2)c2cccc(F)c2n1. The van der Waals surface area contributed by atoms with E-state index >= 15 is 0 Å². The molecule has 23 heavy (non-hydrogen) atoms. The Labute approximate surface area is 138 Å². The molecule has 1 saturated carbocycles. The Kier molecular flexibility index (Phi) is 3.53. The predicted molar refractivity (Wildman–Crippen MR) is 92.4 cm³/mol. The third-order valence-corrected chi connectivity index (χ3v) is 5.22. The third-order valence-electron chi connectivity index (χ3n) is 4.23. The highest BCUT2D eigenvalue weighted by atomic mass is 32.1. The van der Waals surface area contributed by atoms with Gasteiger partial charge in [-0.1, -0.05) is 12.1 Å². The van der Waals surface area contributed by atoms with Crippen molar-refractivity contribution in [2.75, 3.05) is 5.32 Å². The number of halogens is 1. The van der Waals surface area contributed by atoms with Crippen molar-refractivity contribution in [3.63, 3.8) is 0 Å². The zero-order valence-electron chi connectivity index (χ0n) is 13.1. The Morgan fingerprint density at radius 3 is 2.83 bits per heavy atom. The molecule has 1 aromatic carbocycles. The second-order valence-electron chi connectivity index (χ2n) is 6.22. The minimum Gasteiger partial charge on any atom is -0.375 e. The number of nitrogens with zero attached hydrogens (tertiary/aromatic N) is 2. The summed E-state index contributed by atoms with van der Waals surface area (Å²) in [5.41, 5.74) is 2.19. The molecule has 4 rings (SSSR count). The summed E-state index contributed by atoms with van der Waals surface area (Å²) in [5, 5.41) is 5.57. The maximum atomic E-state index is 14.1. The van der Waals surface area contributed by atoms with Gasteiger partial charge in [0, 0.05) is 27.8 Å². The number of anilines is 1. The predicted octanol–water partition coefficient (Wildman–Crippen LogP) is 5.01. The molecule has 1 aliphatic rings. The number of thiazole rings is 1. The van der Waals surface area contributed by atoms with Gasteiger partial charge in [0.15, 0.2) is 0 Å². The van der Waals surface area contributed by atoms with Crippen LogP contribution in [0.1, 0.15) is 34.5 Å². The number of benzene rings is 1. The molecule has 2 heterocycles. The van der Waals surface area contributed by atoms with Crippen LogP contribution >= 0.6 is 11.3 Å². The number of fused-ring (bicyclic) bond motifs is 1. The number of rotatable bonds is 4. The van der Waals surface area contributed by atoms with E-state index in [2.05, 4.69) is 22.2 Å². The third kappa shape index (κ3) is 2.81. The summed E-state index contributed by atoms with van der Waals surface area (Å²) >= 11 is 1.73. The summed E-state index contributed by atoms with van der Waals surface area (Å²) < 4.78 is 14.1. The summed E-state index contributed by atoms with van der Waals surface area (Å²) in [6, 6.07) is 7.31. The van der Waals surface area contributed by atoms with E-state index in [-0.39, 0.29) is 11.9 Å². The monoisotopic (exact) mass is 327 g/mol. The number of nitrogens with one attached hydrogen (secondary N) is 1. The van der Waals surface area contributed by atoms with E-state index in [4.69, 9.17) is 0 Å². The topological polar surface area (TPSA) is 37.8 Å². The number of hydrogen-bond donors (Lipinski definition) is 1. The Bertz CT molecular complexity index is 870. The van der Waals surface area contributed by atoms with E-state index in [0.717, 1.165) is 21.8 Å². The van der Waals surface area contributed by atoms with E-state index in [1.54, 1.807) is 17.4 Å². The quantitative estimate of drug-likeness (QED) is 0.732. The Balaban J connectivity index is 1.77. The largest absolute Gasteiger partial charge is 0.375 e. The highest BCUT2D eigenvalue weighted by Gasteiger charge is 2.34. The zero-order valence-corrected chi connectivity index (χ0v) is 14.0. The van der Waals surface area contributed by atoms with Crippen LogP contribution in [0, 0.1) is 25.6 Å². The molecule has 1 atom stereocenters. The van der Waals surface area contributed by atoms with Crippen LogP contribution in [-0.4, -0.2) is 9.97 Å². The van der Waals surface area contributed by atoms with Crippen LogP contribution < -0.4 is 5.32 Å². The fourth-order valence-corrected chi connectivity index (χ4v) is 3.87. The summed E-state index contributed by atoms with van der Waals surface area (Å²) in [5.74, 6) is 0.333. The maximum Gasteiger partial charge on any atom is 0.149 e. The molecule has 5 heteroatoms. The van der Waals surface area contributed by atoms with Crippen molar-refractivity contribution in [2.24, 2.45) is 5.92 Å². The average molecular weight is 327 g/mol. The first-order chi connectivity index (χ1) is 11.1. The van der Waals surface area contributed by atoms with Gasteiger partial charge in [-0.15, -0.1) is 11.3 Å². The van der Waals surface area contributed by atoms with Crippen LogP contribution in [0.4, 0.5) is 10.1 Å². The number of aromatic nitrogens is 2. The smallest absolute Gasteiger partial charge is 0.149 e. The zero-order chi connectivity index (χ0) is 16.0. The van der Waals surface area contributed by atoms with E-state index < -0.39 is 0 Å². The average Bonchev–Trinajstić information content (AvgIpc) is 3.27. The van der Waals surface area contributed by atoms with Crippen molar-refractivity contribution in [3.05, 3.63) is 51.9 Å². The lowest BCUT2D eigenvalue weighted by Crippen LogP contribution is -2.13. The molecule has 1 unspecified atom stereocenters. The van der Waals surface area contributed by atoms with Gasteiger partial charge in [0.1, 0.15) is 16.3 Å². The molecule has 3 nitrogen and oxygen atoms in total. The summed E-state index contributed by atoms with van der Waals surface area (Å²) in [6.45, 7) is 3.98. The van der Waals surface area contributed by atoms with Gasteiger partial charge in [-0.25, -0.2) is 14.4 Å². The van der Waals surface area contributed by atoms with Gasteiger partial charge in [-0.3, -0.25) is 0 Å². The molecule has 0 radical (unpaired) electrons. The normalized spacial score (nSPS) is 15.8. The highest BCUT2D eigenvalue weighted by molar-refractivity contribution is 7.11. The standard InChI is InChI=1S/C18H18FN3S/c1-10-8-15(13-4-3-5-14(19)17(13)21-10)22-16(12-6-7-12)18-20-9-11(2)23-18/h3-5,8-9,12,16H,6-7H2,1-2H3,(H,21,22). The fourth-order valence-electron chi connectivity index (χ4n) is 2.96. The number of aryl methyl sites for hydroxylation is 2. The van der Waals surface area contributed by atoms with Crippen LogP contribution in [0.25, 0.3) is 10.9 Å². The molecule has 1 aliphatic carbocycles. The van der Waals surface area contributed by atoms with Gasteiger partial charge in [-0.05, 0) is 44.7 Å². The number of hydrogen-bond acceptors (Lipinski definition) is 4. The first-order valence-electron chi connectivity index (χ1n) is 7.86. The molecule has 0 amide bonds. The first kappa shape index (κ1) is 14.6. The lowest BCUT2D eigenvalue weighted by atomic mass is 10.1. The molecule has 0 bridgehead atoms. The molecular weight excluding hydrogens is 309 g/mol. The van der Waals surface area contributed by atoms with Gasteiger partial charge in [0.05, 0.1) is 6.04 Å². The highest BCUT2D eigenvalue weighted by Crippen LogP contribution is 2.44. The van der Waals surface area contributed by atoms with Gasteiger partial charge >= 0.3 is 0 Å². The van der Waals surface area contributed by atoms with E-state index in [1.807, 2.05) is 25.3 Å². The van der Waals surface area contributed by atoms with Gasteiger partial charge < -0.3 is 5.32 Å². The molecule has 2 aromatic heterocycles. The molecule has 3 aromatic rings. The molecule has 0 saturated heterocycles. The van der Waals surface area contributed by atoms with E-state index in [9.17, 15) is 4.39 Å². The van der Waals surface area contributed by atoms with Gasteiger partial charge in [0.25, 0.3) is 0 Å². The minimum absolute atomic E-state index is 0.196. The Hall–Kier alpha value is -2.01. The summed E-state index contributed by atoms with van der Waals surface area (Å²) in [4.78, 5) is 10.1. The fraction of sp³-hybridized carbons (Fsp3) is 0.333. The van der Waals surface area contributed by atoms with E-state index in [0.29, 0.717) is 11.4 Å². The summed E-state index contributed by atoms with van der Waals surface area (Å²) in [7, 11) is 0. The van der Waals surface area contributed by atoms with Crippen LogP contribution in [0.2, 0.25) is 0 Å². The molecule has 118 valence electrons. The van der Waals surface area contributed by atoms with E-state index in [1.165, 1.54) is 23.8 Å². The minimum atomic E-state index is -0.276. The second kappa shape index (κ2) is 5.57. The lowest BCUT2D eigenvalue weighted by molar-refractivity contribution is 0.636. The lowest BCUT2D eigenvalue weighted by Gasteiger charge is -2.19. The Morgan fingerprint density at radius 2 is 2.13 bits per heavy atom. The van der Waals surface area contributed by atoms with Crippen molar-refractivity contribution in [1.29, 1.82) is 0 Å². The van der Waals surface area contributed by atoms with Crippen LogP contribution in [0.15, 0.2) is 30.5 Å². The molecule has 1 N–H and O–H groups in total. The van der Waals surface area contributed by atoms with Crippen molar-refractivity contribution < 1.29 is 4.39 Å². The second-order valence-corrected chi connectivity index (χ2v) is 7.48. The van der Waals surface area contributed by atoms with Gasteiger partial charge in [0.2, 0.25) is 0 Å². The van der Waals surface area contributed by atoms with Gasteiger partial charge in [-0.2, -0.15) is 0 Å². The number of pyridine rings is 1. The molecular formula is C18H18FN3S. The molecule has 0 spiro atoms. The molecule has 1 fully saturated rings. The van der Waals surface area contributed by atoms with Crippen molar-refractivity contribution in [3.8, 4) is 0 Å². The number of para-hydroxylation sites is 1. The summed E-state index contributed by atoms with van der Waals surface area (Å²) in [6.07, 6.45) is 4.35. The van der Waals surface area contributed by atoms with Crippen molar-refractivity contribution in [1.82, 2.24) is 9.97 Å².